The molecule has 3 atom stereocenters. The molecule has 3 fully saturated rings. The van der Waals surface area contributed by atoms with Gasteiger partial charge in [0.25, 0.3) is 5.91 Å². The first-order chi connectivity index (χ1) is 13.3. The summed E-state index contributed by atoms with van der Waals surface area (Å²) in [6.07, 6.45) is -1.68. The van der Waals surface area contributed by atoms with Gasteiger partial charge in [0.1, 0.15) is 5.69 Å². The van der Waals surface area contributed by atoms with Gasteiger partial charge in [-0.1, -0.05) is 0 Å². The molecule has 0 spiro atoms. The van der Waals surface area contributed by atoms with Gasteiger partial charge in [0, 0.05) is 43.7 Å². The van der Waals surface area contributed by atoms with Crippen LogP contribution in [0.5, 0.6) is 0 Å². The third-order valence-corrected chi connectivity index (χ3v) is 5.95. The van der Waals surface area contributed by atoms with Crippen LogP contribution in [0.15, 0.2) is 10.9 Å². The van der Waals surface area contributed by atoms with E-state index < -0.39 is 12.1 Å². The SMILES string of the molecule is O=C(O)C(F)(F)F.O=C(c1cscn1)N1CC[C@@H]2[C@@H]1CCN2CC1CCOC1. The van der Waals surface area contributed by atoms with Crippen molar-refractivity contribution in [3.05, 3.63) is 16.6 Å². The lowest BCUT2D eigenvalue weighted by atomic mass is 10.1. The first-order valence-corrected chi connectivity index (χ1v) is 10.0. The first-order valence-electron chi connectivity index (χ1n) is 9.08. The zero-order valence-electron chi connectivity index (χ0n) is 15.1. The molecule has 0 bridgehead atoms. The fraction of sp³-hybridized carbons (Fsp3) is 0.706. The maximum atomic E-state index is 12.5. The van der Waals surface area contributed by atoms with Crippen LogP contribution < -0.4 is 0 Å². The van der Waals surface area contributed by atoms with Crippen molar-refractivity contribution < 1.29 is 32.6 Å². The molecule has 0 aliphatic carbocycles. The highest BCUT2D eigenvalue weighted by Gasteiger charge is 2.45. The van der Waals surface area contributed by atoms with Gasteiger partial charge in [-0.05, 0) is 25.2 Å². The van der Waals surface area contributed by atoms with Crippen molar-refractivity contribution in [3.63, 3.8) is 0 Å². The third-order valence-electron chi connectivity index (χ3n) is 5.36. The molecule has 7 nitrogen and oxygen atoms in total. The van der Waals surface area contributed by atoms with E-state index in [0.29, 0.717) is 23.7 Å². The number of rotatable bonds is 3. The van der Waals surface area contributed by atoms with E-state index in [1.54, 1.807) is 5.51 Å². The van der Waals surface area contributed by atoms with Gasteiger partial charge in [0.05, 0.1) is 12.1 Å². The summed E-state index contributed by atoms with van der Waals surface area (Å²) in [5, 5.41) is 8.98. The van der Waals surface area contributed by atoms with Gasteiger partial charge in [-0.3, -0.25) is 9.69 Å². The Morgan fingerprint density at radius 2 is 1.96 bits per heavy atom. The first kappa shape index (κ1) is 21.0. The lowest BCUT2D eigenvalue weighted by Crippen LogP contribution is -2.41. The Balaban J connectivity index is 0.000000279. The van der Waals surface area contributed by atoms with Crippen LogP contribution in [0, 0.1) is 5.92 Å². The second kappa shape index (κ2) is 8.75. The van der Waals surface area contributed by atoms with Crippen molar-refractivity contribution >= 4 is 23.2 Å². The van der Waals surface area contributed by atoms with Crippen LogP contribution in [0.25, 0.3) is 0 Å². The van der Waals surface area contributed by atoms with E-state index in [1.807, 2.05) is 5.38 Å². The number of halogens is 3. The van der Waals surface area contributed by atoms with Gasteiger partial charge in [-0.15, -0.1) is 11.3 Å². The summed E-state index contributed by atoms with van der Waals surface area (Å²) < 4.78 is 37.2. The van der Waals surface area contributed by atoms with Crippen LogP contribution in [0.2, 0.25) is 0 Å². The maximum absolute atomic E-state index is 12.5. The summed E-state index contributed by atoms with van der Waals surface area (Å²) in [5.74, 6) is -1.95. The minimum absolute atomic E-state index is 0.120. The fourth-order valence-corrected chi connectivity index (χ4v) is 4.60. The molecule has 1 amide bonds. The average Bonchev–Trinajstić information content (AvgIpc) is 3.42. The van der Waals surface area contributed by atoms with E-state index in [1.165, 1.54) is 17.8 Å². The second-order valence-corrected chi connectivity index (χ2v) is 7.83. The predicted octanol–water partition coefficient (Wildman–Crippen LogP) is 2.10. The van der Waals surface area contributed by atoms with Gasteiger partial charge in [0.2, 0.25) is 0 Å². The highest BCUT2D eigenvalue weighted by atomic mass is 32.1. The minimum Gasteiger partial charge on any atom is -0.475 e. The molecule has 1 unspecified atom stereocenters. The van der Waals surface area contributed by atoms with E-state index in [2.05, 4.69) is 14.8 Å². The number of carbonyl (C=O) groups is 2. The minimum atomic E-state index is -5.08. The fourth-order valence-electron chi connectivity index (χ4n) is 4.08. The van der Waals surface area contributed by atoms with E-state index in [0.717, 1.165) is 45.7 Å². The molecule has 4 heterocycles. The molecule has 1 aromatic rings. The van der Waals surface area contributed by atoms with E-state index in [9.17, 15) is 18.0 Å². The highest BCUT2D eigenvalue weighted by molar-refractivity contribution is 7.07. The Morgan fingerprint density at radius 3 is 2.54 bits per heavy atom. The lowest BCUT2D eigenvalue weighted by molar-refractivity contribution is -0.192. The van der Waals surface area contributed by atoms with Crippen molar-refractivity contribution in [1.29, 1.82) is 0 Å². The molecule has 11 heteroatoms. The molecule has 0 radical (unpaired) electrons. The Bertz CT molecular complexity index is 680. The van der Waals surface area contributed by atoms with Crippen molar-refractivity contribution in [1.82, 2.24) is 14.8 Å². The number of carboxylic acid groups (broad SMARTS) is 1. The zero-order chi connectivity index (χ0) is 20.3. The molecule has 156 valence electrons. The van der Waals surface area contributed by atoms with E-state index in [4.69, 9.17) is 14.6 Å². The number of alkyl halides is 3. The molecule has 1 aromatic heterocycles. The second-order valence-electron chi connectivity index (χ2n) is 7.11. The number of aromatic nitrogens is 1. The highest BCUT2D eigenvalue weighted by Crippen LogP contribution is 2.33. The maximum Gasteiger partial charge on any atom is 0.490 e. The summed E-state index contributed by atoms with van der Waals surface area (Å²) in [4.78, 5) is 30.3. The van der Waals surface area contributed by atoms with Gasteiger partial charge >= 0.3 is 12.1 Å². The Kier molecular flexibility index (Phi) is 6.56. The molecule has 1 N–H and O–H groups in total. The molecule has 3 aliphatic rings. The number of hydrogen-bond acceptors (Lipinski definition) is 6. The number of thiazole rings is 1. The van der Waals surface area contributed by atoms with Gasteiger partial charge in [-0.25, -0.2) is 9.78 Å². The normalized spacial score (nSPS) is 27.4. The number of likely N-dealkylation sites (tertiary alicyclic amines) is 2. The van der Waals surface area contributed by atoms with Gasteiger partial charge in [-0.2, -0.15) is 13.2 Å². The summed E-state index contributed by atoms with van der Waals surface area (Å²) in [7, 11) is 0. The van der Waals surface area contributed by atoms with Crippen LogP contribution >= 0.6 is 11.3 Å². The Hall–Kier alpha value is -1.72. The number of aliphatic carboxylic acids is 1. The van der Waals surface area contributed by atoms with Gasteiger partial charge in [0.15, 0.2) is 0 Å². The van der Waals surface area contributed by atoms with Crippen LogP contribution in [0.4, 0.5) is 13.2 Å². The van der Waals surface area contributed by atoms with Crippen LogP contribution in [0.1, 0.15) is 29.8 Å². The van der Waals surface area contributed by atoms with Crippen molar-refractivity contribution in [2.45, 2.75) is 37.5 Å². The summed E-state index contributed by atoms with van der Waals surface area (Å²) in [5.41, 5.74) is 2.35. The topological polar surface area (TPSA) is 83.0 Å². The zero-order valence-corrected chi connectivity index (χ0v) is 15.9. The van der Waals surface area contributed by atoms with E-state index >= 15 is 0 Å². The van der Waals surface area contributed by atoms with Crippen LogP contribution in [-0.2, 0) is 9.53 Å². The summed E-state index contributed by atoms with van der Waals surface area (Å²) >= 11 is 1.49. The molecule has 3 saturated heterocycles. The molecular weight excluding hydrogens is 399 g/mol. The quantitative estimate of drug-likeness (QED) is 0.805. The molecule has 0 aromatic carbocycles. The number of carboxylic acids is 1. The van der Waals surface area contributed by atoms with Gasteiger partial charge < -0.3 is 14.7 Å². The Labute approximate surface area is 164 Å². The molecular formula is C17H22F3N3O4S. The molecule has 4 rings (SSSR count). The monoisotopic (exact) mass is 421 g/mol. The van der Waals surface area contributed by atoms with Crippen molar-refractivity contribution in [2.24, 2.45) is 5.92 Å². The number of ether oxygens (including phenoxy) is 1. The van der Waals surface area contributed by atoms with Crippen molar-refractivity contribution in [3.8, 4) is 0 Å². The smallest absolute Gasteiger partial charge is 0.475 e. The molecule has 3 aliphatic heterocycles. The molecule has 28 heavy (non-hydrogen) atoms. The average molecular weight is 421 g/mol. The number of amides is 1. The standard InChI is InChI=1S/C15H21N3O2S.C2HF3O2/c19-15(12-9-21-10-16-12)18-5-2-13-14(18)1-4-17(13)7-11-3-6-20-8-11;3-2(4,5)1(6)7/h9-11,13-14H,1-8H2;(H,6,7)/t11?,13-,14+;/m1./s1. The predicted molar refractivity (Wildman–Crippen MR) is 94.2 cm³/mol. The summed E-state index contributed by atoms with van der Waals surface area (Å²) in [6, 6.07) is 0.940. The van der Waals surface area contributed by atoms with Crippen LogP contribution in [-0.4, -0.2) is 82.9 Å². The largest absolute Gasteiger partial charge is 0.490 e. The number of hydrogen-bond donors (Lipinski definition) is 1. The third kappa shape index (κ3) is 4.81. The van der Waals surface area contributed by atoms with E-state index in [-0.39, 0.29) is 5.91 Å². The molecule has 0 saturated carbocycles. The number of nitrogens with zero attached hydrogens (tertiary/aromatic N) is 3. The van der Waals surface area contributed by atoms with Crippen LogP contribution in [0.3, 0.4) is 0 Å². The lowest BCUT2D eigenvalue weighted by Gasteiger charge is -2.26. The van der Waals surface area contributed by atoms with Crippen molar-refractivity contribution in [2.75, 3.05) is 32.8 Å². The Morgan fingerprint density at radius 1 is 1.25 bits per heavy atom. The number of fused-ring (bicyclic) bond motifs is 1. The number of carbonyl (C=O) groups excluding carboxylic acids is 1. The summed E-state index contributed by atoms with van der Waals surface area (Å²) in [6.45, 7) is 4.96.